The maximum Gasteiger partial charge on any atom is 0.325 e. The van der Waals surface area contributed by atoms with Crippen molar-refractivity contribution in [2.75, 3.05) is 6.61 Å². The molecule has 6 unspecified atom stereocenters. The van der Waals surface area contributed by atoms with Gasteiger partial charge in [-0.05, 0) is 18.8 Å². The van der Waals surface area contributed by atoms with E-state index in [0.717, 1.165) is 0 Å². The Balaban J connectivity index is 5.43. The molecule has 6 atom stereocenters. The third-order valence-corrected chi connectivity index (χ3v) is 4.85. The summed E-state index contributed by atoms with van der Waals surface area (Å²) in [5, 5.41) is 25.5. The fraction of sp³-hybridized carbons (Fsp3) is 0.778. The molecule has 0 aliphatic rings. The molecule has 162 valence electrons. The number of carboxylic acid groups (broad SMARTS) is 1. The fourth-order valence-corrected chi connectivity index (χ4v) is 2.36. The molecule has 0 saturated heterocycles. The predicted octanol–water partition coefficient (Wildman–Crippen LogP) is -1.04. The Morgan fingerprint density at radius 3 is 1.57 bits per heavy atom. The van der Waals surface area contributed by atoms with E-state index in [1.54, 1.807) is 13.8 Å². The first-order valence-corrected chi connectivity index (χ1v) is 9.50. The Kier molecular flexibility index (Phi) is 11.3. The van der Waals surface area contributed by atoms with Crippen molar-refractivity contribution in [2.24, 2.45) is 17.6 Å². The van der Waals surface area contributed by atoms with Crippen LogP contribution in [0.1, 0.15) is 47.5 Å². The zero-order valence-electron chi connectivity index (χ0n) is 17.2. The van der Waals surface area contributed by atoms with Gasteiger partial charge in [0.25, 0.3) is 0 Å². The molecule has 28 heavy (non-hydrogen) atoms. The van der Waals surface area contributed by atoms with E-state index in [4.69, 9.17) is 15.9 Å². The molecule has 3 amide bonds. The maximum atomic E-state index is 12.8. The highest BCUT2D eigenvalue weighted by Gasteiger charge is 2.33. The van der Waals surface area contributed by atoms with Crippen LogP contribution in [0, 0.1) is 11.8 Å². The van der Waals surface area contributed by atoms with Crippen LogP contribution in [-0.4, -0.2) is 64.7 Å². The molecule has 10 nitrogen and oxygen atoms in total. The smallest absolute Gasteiger partial charge is 0.325 e. The second-order valence-corrected chi connectivity index (χ2v) is 7.10. The standard InChI is InChI=1S/C18H34N4O6/c1-6-9(3)13(16(25)20-11(5)18(27)28)22-17(26)14(10(4)7-2)21-15(24)12(19)8-23/h9-14,23H,6-8,19H2,1-5H3,(H,20,25)(H,21,24)(H,22,26)(H,27,28). The number of carboxylic acids is 1. The number of rotatable bonds is 12. The van der Waals surface area contributed by atoms with E-state index in [1.807, 2.05) is 13.8 Å². The minimum Gasteiger partial charge on any atom is -0.480 e. The number of hydrogen-bond acceptors (Lipinski definition) is 6. The van der Waals surface area contributed by atoms with E-state index in [0.29, 0.717) is 12.8 Å². The maximum absolute atomic E-state index is 12.8. The van der Waals surface area contributed by atoms with Gasteiger partial charge in [0.1, 0.15) is 24.2 Å². The molecule has 0 heterocycles. The lowest BCUT2D eigenvalue weighted by atomic mass is 9.94. The summed E-state index contributed by atoms with van der Waals surface area (Å²) in [6.45, 7) is 7.97. The molecule has 0 spiro atoms. The molecule has 0 bridgehead atoms. The summed E-state index contributed by atoms with van der Waals surface area (Å²) in [6, 6.07) is -4.19. The summed E-state index contributed by atoms with van der Waals surface area (Å²) in [5.74, 6) is -3.57. The second-order valence-electron chi connectivity index (χ2n) is 7.10. The third-order valence-electron chi connectivity index (χ3n) is 4.85. The van der Waals surface area contributed by atoms with Crippen LogP contribution in [-0.2, 0) is 19.2 Å². The van der Waals surface area contributed by atoms with Crippen LogP contribution in [0.4, 0.5) is 0 Å². The summed E-state index contributed by atoms with van der Waals surface area (Å²) < 4.78 is 0. The lowest BCUT2D eigenvalue weighted by Crippen LogP contribution is -2.60. The zero-order chi connectivity index (χ0) is 22.0. The topological polar surface area (TPSA) is 171 Å². The first-order valence-electron chi connectivity index (χ1n) is 9.50. The fourth-order valence-electron chi connectivity index (χ4n) is 2.36. The Hall–Kier alpha value is -2.20. The molecular formula is C18H34N4O6. The van der Waals surface area contributed by atoms with E-state index < -0.39 is 54.5 Å². The summed E-state index contributed by atoms with van der Waals surface area (Å²) in [4.78, 5) is 48.3. The Labute approximate surface area is 165 Å². The molecule has 0 radical (unpaired) electrons. The quantitative estimate of drug-likeness (QED) is 0.242. The Morgan fingerprint density at radius 2 is 1.21 bits per heavy atom. The minimum absolute atomic E-state index is 0.256. The largest absolute Gasteiger partial charge is 0.480 e. The lowest BCUT2D eigenvalue weighted by molar-refractivity contribution is -0.142. The highest BCUT2D eigenvalue weighted by Crippen LogP contribution is 2.12. The van der Waals surface area contributed by atoms with Crippen LogP contribution in [0.5, 0.6) is 0 Å². The average molecular weight is 402 g/mol. The summed E-state index contributed by atoms with van der Waals surface area (Å²) in [7, 11) is 0. The van der Waals surface area contributed by atoms with Crippen molar-refractivity contribution in [3.63, 3.8) is 0 Å². The predicted molar refractivity (Wildman–Crippen MR) is 103 cm³/mol. The van der Waals surface area contributed by atoms with Gasteiger partial charge >= 0.3 is 5.97 Å². The van der Waals surface area contributed by atoms with Crippen molar-refractivity contribution in [2.45, 2.75) is 71.6 Å². The van der Waals surface area contributed by atoms with Crippen LogP contribution in [0.25, 0.3) is 0 Å². The van der Waals surface area contributed by atoms with Gasteiger partial charge in [0.2, 0.25) is 17.7 Å². The van der Waals surface area contributed by atoms with Gasteiger partial charge in [0, 0.05) is 0 Å². The highest BCUT2D eigenvalue weighted by molar-refractivity contribution is 5.94. The molecule has 0 saturated carbocycles. The number of nitrogens with one attached hydrogen (secondary N) is 3. The molecule has 0 aromatic carbocycles. The molecular weight excluding hydrogens is 368 g/mol. The van der Waals surface area contributed by atoms with Crippen molar-refractivity contribution >= 4 is 23.7 Å². The lowest BCUT2D eigenvalue weighted by Gasteiger charge is -2.29. The second kappa shape index (κ2) is 12.3. The number of aliphatic hydroxyl groups is 1. The summed E-state index contributed by atoms with van der Waals surface area (Å²) in [5.41, 5.74) is 5.50. The van der Waals surface area contributed by atoms with Gasteiger partial charge in [0.15, 0.2) is 0 Å². The number of carbonyl (C=O) groups excluding carboxylic acids is 3. The third kappa shape index (κ3) is 7.81. The number of amides is 3. The van der Waals surface area contributed by atoms with Gasteiger partial charge in [-0.25, -0.2) is 0 Å². The van der Waals surface area contributed by atoms with E-state index in [-0.39, 0.29) is 11.8 Å². The van der Waals surface area contributed by atoms with Gasteiger partial charge < -0.3 is 31.9 Å². The average Bonchev–Trinajstić information content (AvgIpc) is 2.67. The van der Waals surface area contributed by atoms with Crippen molar-refractivity contribution in [3.05, 3.63) is 0 Å². The Morgan fingerprint density at radius 1 is 0.821 bits per heavy atom. The van der Waals surface area contributed by atoms with Crippen LogP contribution < -0.4 is 21.7 Å². The number of hydrogen-bond donors (Lipinski definition) is 6. The molecule has 0 aromatic heterocycles. The number of nitrogens with two attached hydrogens (primary N) is 1. The molecule has 0 fully saturated rings. The van der Waals surface area contributed by atoms with E-state index in [2.05, 4.69) is 16.0 Å². The van der Waals surface area contributed by atoms with E-state index in [9.17, 15) is 19.2 Å². The van der Waals surface area contributed by atoms with Crippen LogP contribution in [0.3, 0.4) is 0 Å². The molecule has 0 aliphatic heterocycles. The van der Waals surface area contributed by atoms with Crippen molar-refractivity contribution in [1.82, 2.24) is 16.0 Å². The van der Waals surface area contributed by atoms with E-state index in [1.165, 1.54) is 6.92 Å². The van der Waals surface area contributed by atoms with Gasteiger partial charge in [-0.3, -0.25) is 19.2 Å². The van der Waals surface area contributed by atoms with E-state index >= 15 is 0 Å². The molecule has 0 rings (SSSR count). The summed E-state index contributed by atoms with van der Waals surface area (Å²) >= 11 is 0. The van der Waals surface area contributed by atoms with Gasteiger partial charge in [-0.15, -0.1) is 0 Å². The van der Waals surface area contributed by atoms with Crippen LogP contribution >= 0.6 is 0 Å². The van der Waals surface area contributed by atoms with Crippen LogP contribution in [0.2, 0.25) is 0 Å². The van der Waals surface area contributed by atoms with Gasteiger partial charge in [-0.1, -0.05) is 40.5 Å². The molecule has 0 aliphatic carbocycles. The first kappa shape index (κ1) is 25.8. The van der Waals surface area contributed by atoms with Crippen LogP contribution in [0.15, 0.2) is 0 Å². The summed E-state index contributed by atoms with van der Waals surface area (Å²) in [6.07, 6.45) is 1.14. The van der Waals surface area contributed by atoms with Crippen molar-refractivity contribution in [3.8, 4) is 0 Å². The minimum atomic E-state index is -1.19. The van der Waals surface area contributed by atoms with Crippen molar-refractivity contribution in [1.29, 1.82) is 0 Å². The van der Waals surface area contributed by atoms with Crippen molar-refractivity contribution < 1.29 is 29.4 Å². The molecule has 0 aromatic rings. The zero-order valence-corrected chi connectivity index (χ0v) is 17.2. The Bertz CT molecular complexity index is 556. The number of aliphatic hydroxyl groups excluding tert-OH is 1. The first-order chi connectivity index (χ1) is 13.0. The normalized spacial score (nSPS) is 17.4. The SMILES string of the molecule is CCC(C)C(NC(=O)C(N)CO)C(=O)NC(C(=O)NC(C)C(=O)O)C(C)CC. The monoisotopic (exact) mass is 402 g/mol. The number of carbonyl (C=O) groups is 4. The highest BCUT2D eigenvalue weighted by atomic mass is 16.4. The van der Waals surface area contributed by atoms with Gasteiger partial charge in [-0.2, -0.15) is 0 Å². The van der Waals surface area contributed by atoms with Gasteiger partial charge in [0.05, 0.1) is 6.61 Å². The molecule has 7 N–H and O–H groups in total. The number of aliphatic carboxylic acids is 1. The molecule has 10 heteroatoms.